The van der Waals surface area contributed by atoms with E-state index < -0.39 is 0 Å². The van der Waals surface area contributed by atoms with Crippen molar-refractivity contribution >= 4 is 65.3 Å². The van der Waals surface area contributed by atoms with Crippen LogP contribution >= 0.6 is 0 Å². The average molecular weight is 736 g/mol. The summed E-state index contributed by atoms with van der Waals surface area (Å²) in [6, 6.07) is 73.1. The lowest BCUT2D eigenvalue weighted by molar-refractivity contribution is 1.18. The van der Waals surface area contributed by atoms with Gasteiger partial charge in [-0.15, -0.1) is 0 Å². The zero-order valence-corrected chi connectivity index (χ0v) is 31.4. The molecule has 3 heteroatoms. The Hall–Kier alpha value is -7.75. The van der Waals surface area contributed by atoms with E-state index in [4.69, 9.17) is 4.98 Å². The van der Waals surface area contributed by atoms with E-state index >= 15 is 0 Å². The maximum Gasteiger partial charge on any atom is 0.0722 e. The normalized spacial score (nSPS) is 12.1. The Balaban J connectivity index is 0.941. The van der Waals surface area contributed by atoms with Gasteiger partial charge in [0.1, 0.15) is 0 Å². The molecule has 0 unspecified atom stereocenters. The SMILES string of the molecule is c1ccc(-n2c3ccccc3c3cc(-c4ccc5c(ccc6c7ccccc7n(-c7ccc(-c8cc9c%10c(cccc%10n8)-c8ccccc8-9)cc7)c56)c4)ccc32)cc1. The molecule has 1 aliphatic carbocycles. The van der Waals surface area contributed by atoms with Crippen molar-refractivity contribution in [2.45, 2.75) is 0 Å². The predicted octanol–water partition coefficient (Wildman–Crippen LogP) is 14.6. The summed E-state index contributed by atoms with van der Waals surface area (Å²) in [6.45, 7) is 0. The largest absolute Gasteiger partial charge is 0.309 e. The van der Waals surface area contributed by atoms with Gasteiger partial charge in [-0.3, -0.25) is 0 Å². The number of hydrogen-bond donors (Lipinski definition) is 0. The first-order valence-corrected chi connectivity index (χ1v) is 20.0. The van der Waals surface area contributed by atoms with E-state index in [-0.39, 0.29) is 0 Å². The van der Waals surface area contributed by atoms with E-state index in [9.17, 15) is 0 Å². The van der Waals surface area contributed by atoms with Crippen LogP contribution in [0.2, 0.25) is 0 Å². The number of nitrogens with zero attached hydrogens (tertiary/aromatic N) is 3. The van der Waals surface area contributed by atoms with Crippen LogP contribution in [0.3, 0.4) is 0 Å². The Morgan fingerprint density at radius 3 is 1.76 bits per heavy atom. The van der Waals surface area contributed by atoms with Crippen LogP contribution in [0.4, 0.5) is 0 Å². The number of fused-ring (bicyclic) bond motifs is 11. The van der Waals surface area contributed by atoms with Crippen LogP contribution in [0.25, 0.3) is 121 Å². The highest BCUT2D eigenvalue weighted by Crippen LogP contribution is 2.48. The molecule has 13 rings (SSSR count). The third-order valence-corrected chi connectivity index (χ3v) is 12.4. The number of rotatable bonds is 4. The van der Waals surface area contributed by atoms with E-state index in [1.54, 1.807) is 0 Å². The molecular formula is C55H33N3. The van der Waals surface area contributed by atoms with Gasteiger partial charge < -0.3 is 9.13 Å². The van der Waals surface area contributed by atoms with E-state index in [0.717, 1.165) is 22.5 Å². The monoisotopic (exact) mass is 735 g/mol. The number of para-hydroxylation sites is 3. The first kappa shape index (κ1) is 31.5. The van der Waals surface area contributed by atoms with Crippen LogP contribution in [0.1, 0.15) is 0 Å². The third-order valence-electron chi connectivity index (χ3n) is 12.4. The zero-order chi connectivity index (χ0) is 37.9. The number of aromatic nitrogens is 3. The van der Waals surface area contributed by atoms with Gasteiger partial charge in [0.25, 0.3) is 0 Å². The molecule has 3 aromatic heterocycles. The van der Waals surface area contributed by atoms with Crippen molar-refractivity contribution in [3.05, 3.63) is 200 Å². The molecule has 0 fully saturated rings. The molecule has 0 atom stereocenters. The van der Waals surface area contributed by atoms with Crippen molar-refractivity contribution < 1.29 is 0 Å². The Labute approximate surface area is 334 Å². The first-order valence-electron chi connectivity index (χ1n) is 20.0. The minimum absolute atomic E-state index is 0.992. The summed E-state index contributed by atoms with van der Waals surface area (Å²) < 4.78 is 4.82. The van der Waals surface area contributed by atoms with Crippen molar-refractivity contribution in [3.63, 3.8) is 0 Å². The third kappa shape index (κ3) is 4.41. The van der Waals surface area contributed by atoms with E-state index in [2.05, 4.69) is 209 Å². The van der Waals surface area contributed by atoms with Crippen molar-refractivity contribution in [2.75, 3.05) is 0 Å². The fourth-order valence-electron chi connectivity index (χ4n) is 9.85. The summed E-state index contributed by atoms with van der Waals surface area (Å²) in [6.07, 6.45) is 0. The van der Waals surface area contributed by atoms with Gasteiger partial charge in [-0.05, 0) is 105 Å². The molecule has 0 amide bonds. The molecular weight excluding hydrogens is 703 g/mol. The molecule has 3 nitrogen and oxygen atoms in total. The number of pyridine rings is 1. The van der Waals surface area contributed by atoms with Crippen molar-refractivity contribution in [1.82, 2.24) is 14.1 Å². The van der Waals surface area contributed by atoms with E-state index in [0.29, 0.717) is 0 Å². The molecule has 3 heterocycles. The van der Waals surface area contributed by atoms with Gasteiger partial charge in [-0.1, -0.05) is 133 Å². The molecule has 0 aliphatic heterocycles. The second kappa shape index (κ2) is 11.9. The van der Waals surface area contributed by atoms with Crippen LogP contribution in [0.15, 0.2) is 200 Å². The Bertz CT molecular complexity index is 3660. The summed E-state index contributed by atoms with van der Waals surface area (Å²) >= 11 is 0. The molecule has 0 spiro atoms. The predicted molar refractivity (Wildman–Crippen MR) is 243 cm³/mol. The van der Waals surface area contributed by atoms with Gasteiger partial charge in [0, 0.05) is 49.3 Å². The summed E-state index contributed by atoms with van der Waals surface area (Å²) in [4.78, 5) is 5.20. The Kier molecular flexibility index (Phi) is 6.44. The molecule has 12 aromatic rings. The molecule has 1 aliphatic rings. The fraction of sp³-hybridized carbons (Fsp3) is 0. The second-order valence-corrected chi connectivity index (χ2v) is 15.5. The van der Waals surface area contributed by atoms with Crippen molar-refractivity contribution in [3.8, 4) is 56.0 Å². The maximum absolute atomic E-state index is 5.20. The zero-order valence-electron chi connectivity index (χ0n) is 31.4. The molecule has 0 saturated heterocycles. The molecule has 9 aromatic carbocycles. The standard InChI is InChI=1S/C55H33N3/c1-2-11-38(12-3-1)57-51-19-8-7-16-44(51)47-32-36(25-30-53(47)57)35-23-28-40-37(31-35)24-29-46-43-15-6-9-20-52(43)58(55(40)46)39-26-21-34(22-27-39)50-33-48-42-14-5-4-13-41(42)45-17-10-18-49(56-50)54(45)48/h1-33H. The highest BCUT2D eigenvalue weighted by molar-refractivity contribution is 6.19. The fourth-order valence-corrected chi connectivity index (χ4v) is 9.85. The van der Waals surface area contributed by atoms with E-state index in [1.807, 2.05) is 0 Å². The van der Waals surface area contributed by atoms with Gasteiger partial charge in [0.2, 0.25) is 0 Å². The molecule has 0 radical (unpaired) electrons. The number of hydrogen-bond acceptors (Lipinski definition) is 1. The maximum atomic E-state index is 5.20. The topological polar surface area (TPSA) is 22.8 Å². The molecule has 0 bridgehead atoms. The van der Waals surface area contributed by atoms with Crippen LogP contribution in [0, 0.1) is 0 Å². The van der Waals surface area contributed by atoms with Crippen molar-refractivity contribution in [1.29, 1.82) is 0 Å². The van der Waals surface area contributed by atoms with Gasteiger partial charge in [0.15, 0.2) is 0 Å². The summed E-state index contributed by atoms with van der Waals surface area (Å²) in [7, 11) is 0. The lowest BCUT2D eigenvalue weighted by Crippen LogP contribution is -1.95. The van der Waals surface area contributed by atoms with Gasteiger partial charge in [0.05, 0.1) is 33.3 Å². The van der Waals surface area contributed by atoms with Crippen LogP contribution < -0.4 is 0 Å². The first-order chi connectivity index (χ1) is 28.8. The summed E-state index contributed by atoms with van der Waals surface area (Å²) in [5, 5.41) is 8.73. The summed E-state index contributed by atoms with van der Waals surface area (Å²) in [5.74, 6) is 0. The average Bonchev–Trinajstić information content (AvgIpc) is 3.93. The van der Waals surface area contributed by atoms with Gasteiger partial charge >= 0.3 is 0 Å². The minimum atomic E-state index is 0.992. The Morgan fingerprint density at radius 1 is 0.328 bits per heavy atom. The lowest BCUT2D eigenvalue weighted by Gasteiger charge is -2.12. The van der Waals surface area contributed by atoms with Crippen LogP contribution in [0.5, 0.6) is 0 Å². The highest BCUT2D eigenvalue weighted by atomic mass is 15.0. The van der Waals surface area contributed by atoms with Crippen molar-refractivity contribution in [2.24, 2.45) is 0 Å². The van der Waals surface area contributed by atoms with Crippen LogP contribution in [-0.2, 0) is 0 Å². The lowest BCUT2D eigenvalue weighted by atomic mass is 9.98. The Morgan fingerprint density at radius 2 is 0.931 bits per heavy atom. The van der Waals surface area contributed by atoms with Gasteiger partial charge in [-0.25, -0.2) is 4.98 Å². The minimum Gasteiger partial charge on any atom is -0.309 e. The molecule has 0 saturated carbocycles. The quantitative estimate of drug-likeness (QED) is 0.176. The molecule has 268 valence electrons. The molecule has 58 heavy (non-hydrogen) atoms. The van der Waals surface area contributed by atoms with E-state index in [1.165, 1.54) is 98.8 Å². The molecule has 0 N–H and O–H groups in total. The number of benzene rings is 9. The van der Waals surface area contributed by atoms with Crippen LogP contribution in [-0.4, -0.2) is 14.1 Å². The summed E-state index contributed by atoms with van der Waals surface area (Å²) in [5.41, 5.74) is 17.8. The highest BCUT2D eigenvalue weighted by Gasteiger charge is 2.23. The smallest absolute Gasteiger partial charge is 0.0722 e. The van der Waals surface area contributed by atoms with Gasteiger partial charge in [-0.2, -0.15) is 0 Å². The second-order valence-electron chi connectivity index (χ2n) is 15.5.